The van der Waals surface area contributed by atoms with E-state index < -0.39 is 17.8 Å². The molecule has 0 bridgehead atoms. The van der Waals surface area contributed by atoms with E-state index in [4.69, 9.17) is 9.15 Å². The van der Waals surface area contributed by atoms with Crippen molar-refractivity contribution < 1.29 is 28.6 Å². The highest BCUT2D eigenvalue weighted by molar-refractivity contribution is 6.09. The van der Waals surface area contributed by atoms with E-state index in [1.165, 1.54) is 61.9 Å². The Morgan fingerprint density at radius 3 is 2.50 bits per heavy atom. The number of nitrogens with one attached hydrogen (secondary N) is 2. The molecule has 8 nitrogen and oxygen atoms in total. The molecule has 2 aromatic carbocycles. The topological polar surface area (TPSA) is 121 Å². The number of hydrogen-bond acceptors (Lipinski definition) is 6. The highest BCUT2D eigenvalue weighted by Crippen LogP contribution is 2.26. The van der Waals surface area contributed by atoms with Crippen LogP contribution in [0, 0.1) is 0 Å². The van der Waals surface area contributed by atoms with Crippen LogP contribution in [0.25, 0.3) is 6.08 Å². The Hall–Kier alpha value is -4.33. The molecule has 8 heteroatoms. The van der Waals surface area contributed by atoms with Gasteiger partial charge in [0.2, 0.25) is 5.91 Å². The highest BCUT2D eigenvalue weighted by Gasteiger charge is 2.13. The summed E-state index contributed by atoms with van der Waals surface area (Å²) in [5.41, 5.74) is 0.419. The average Bonchev–Trinajstić information content (AvgIpc) is 3.26. The zero-order chi connectivity index (χ0) is 21.5. The van der Waals surface area contributed by atoms with Crippen molar-refractivity contribution in [3.8, 4) is 5.75 Å². The second-order valence-electron chi connectivity index (χ2n) is 6.04. The molecule has 0 aliphatic rings. The van der Waals surface area contributed by atoms with E-state index in [-0.39, 0.29) is 22.5 Å². The molecular weight excluding hydrogens is 388 g/mol. The summed E-state index contributed by atoms with van der Waals surface area (Å²) >= 11 is 0. The van der Waals surface area contributed by atoms with Crippen molar-refractivity contribution in [1.29, 1.82) is 0 Å². The monoisotopic (exact) mass is 405 g/mol. The Morgan fingerprint density at radius 1 is 1.00 bits per heavy atom. The van der Waals surface area contributed by atoms with Crippen LogP contribution in [0.3, 0.4) is 0 Å². The minimum atomic E-state index is -1.41. The molecule has 30 heavy (non-hydrogen) atoms. The summed E-state index contributed by atoms with van der Waals surface area (Å²) in [6.07, 6.45) is 4.26. The number of carbonyl (C=O) groups is 3. The first kappa shape index (κ1) is 20.4. The van der Waals surface area contributed by atoms with Gasteiger partial charge in [-0.15, -0.1) is 0 Å². The third-order valence-electron chi connectivity index (χ3n) is 4.06. The fourth-order valence-electron chi connectivity index (χ4n) is 2.63. The van der Waals surface area contributed by atoms with Crippen molar-refractivity contribution in [2.45, 2.75) is 0 Å². The van der Waals surface area contributed by atoms with Crippen LogP contribution in [0.15, 0.2) is 71.4 Å². The van der Waals surface area contributed by atoms with Gasteiger partial charge >= 0.3 is 0 Å². The number of anilines is 2. The average molecular weight is 405 g/mol. The molecule has 0 atom stereocenters. The van der Waals surface area contributed by atoms with E-state index in [1.807, 2.05) is 0 Å². The molecule has 0 spiro atoms. The minimum Gasteiger partial charge on any atom is -0.545 e. The van der Waals surface area contributed by atoms with Gasteiger partial charge in [-0.3, -0.25) is 9.59 Å². The third kappa shape index (κ3) is 4.93. The van der Waals surface area contributed by atoms with E-state index in [2.05, 4.69) is 10.6 Å². The third-order valence-corrected chi connectivity index (χ3v) is 4.06. The first-order valence-corrected chi connectivity index (χ1v) is 8.80. The van der Waals surface area contributed by atoms with E-state index >= 15 is 0 Å². The van der Waals surface area contributed by atoms with Gasteiger partial charge < -0.3 is 29.7 Å². The fraction of sp³-hybridized carbons (Fsp3) is 0.0455. The number of rotatable bonds is 7. The van der Waals surface area contributed by atoms with Crippen molar-refractivity contribution in [1.82, 2.24) is 0 Å². The number of para-hydroxylation sites is 1. The number of carboxylic acid groups (broad SMARTS) is 1. The normalized spacial score (nSPS) is 10.6. The van der Waals surface area contributed by atoms with Crippen LogP contribution < -0.4 is 20.5 Å². The number of furan rings is 1. The summed E-state index contributed by atoms with van der Waals surface area (Å²) in [5.74, 6) is -1.56. The molecule has 0 radical (unpaired) electrons. The fourth-order valence-corrected chi connectivity index (χ4v) is 2.63. The standard InChI is InChI=1S/C22H18N2O6/c1-29-19-10-8-14(21(26)24-17-7-3-2-6-16(17)22(27)28)13-18(19)23-20(25)11-9-15-5-4-12-30-15/h2-13H,1H3,(H,23,25)(H,24,26)(H,27,28)/p-1/b11-9+. The van der Waals surface area contributed by atoms with Gasteiger partial charge in [-0.2, -0.15) is 0 Å². The summed E-state index contributed by atoms with van der Waals surface area (Å²) < 4.78 is 10.3. The predicted molar refractivity (Wildman–Crippen MR) is 108 cm³/mol. The number of ether oxygens (including phenoxy) is 1. The summed E-state index contributed by atoms with van der Waals surface area (Å²) in [5, 5.41) is 16.4. The first-order chi connectivity index (χ1) is 14.5. The van der Waals surface area contributed by atoms with Gasteiger partial charge in [0, 0.05) is 17.2 Å². The SMILES string of the molecule is COc1ccc(C(=O)Nc2ccccc2C(=O)[O-])cc1NC(=O)/C=C/c1ccco1. The number of amides is 2. The van der Waals surface area contributed by atoms with Gasteiger partial charge in [0.05, 0.1) is 30.7 Å². The van der Waals surface area contributed by atoms with Crippen LogP contribution in [0.4, 0.5) is 11.4 Å². The maximum absolute atomic E-state index is 12.6. The highest BCUT2D eigenvalue weighted by atomic mass is 16.5. The molecule has 0 saturated carbocycles. The number of benzene rings is 2. The van der Waals surface area contributed by atoms with Gasteiger partial charge in [-0.1, -0.05) is 18.2 Å². The van der Waals surface area contributed by atoms with Crippen molar-refractivity contribution in [2.24, 2.45) is 0 Å². The molecule has 3 rings (SSSR count). The molecule has 0 fully saturated rings. The molecule has 2 N–H and O–H groups in total. The zero-order valence-corrected chi connectivity index (χ0v) is 15.9. The first-order valence-electron chi connectivity index (χ1n) is 8.80. The van der Waals surface area contributed by atoms with E-state index in [0.717, 1.165) is 0 Å². The lowest BCUT2D eigenvalue weighted by Crippen LogP contribution is -2.24. The summed E-state index contributed by atoms with van der Waals surface area (Å²) in [4.78, 5) is 36.0. The second kappa shape index (κ2) is 9.24. The molecule has 2 amide bonds. The number of carbonyl (C=O) groups excluding carboxylic acids is 3. The van der Waals surface area contributed by atoms with Crippen molar-refractivity contribution in [2.75, 3.05) is 17.7 Å². The predicted octanol–water partition coefficient (Wildman–Crippen LogP) is 2.56. The molecule has 1 heterocycles. The lowest BCUT2D eigenvalue weighted by molar-refractivity contribution is -0.254. The maximum atomic E-state index is 12.6. The minimum absolute atomic E-state index is 0.102. The van der Waals surface area contributed by atoms with E-state index in [0.29, 0.717) is 11.5 Å². The van der Waals surface area contributed by atoms with Gasteiger partial charge in [-0.25, -0.2) is 0 Å². The summed E-state index contributed by atoms with van der Waals surface area (Å²) in [6, 6.07) is 13.7. The Morgan fingerprint density at radius 2 is 1.80 bits per heavy atom. The lowest BCUT2D eigenvalue weighted by atomic mass is 10.1. The van der Waals surface area contributed by atoms with Gasteiger partial charge in [0.25, 0.3) is 5.91 Å². The van der Waals surface area contributed by atoms with E-state index in [9.17, 15) is 19.5 Å². The van der Waals surface area contributed by atoms with Crippen molar-refractivity contribution in [3.05, 3.63) is 83.8 Å². The molecule has 0 aliphatic carbocycles. The quantitative estimate of drug-likeness (QED) is 0.583. The Kier molecular flexibility index (Phi) is 6.29. The Balaban J connectivity index is 1.79. The van der Waals surface area contributed by atoms with Gasteiger partial charge in [0.15, 0.2) is 0 Å². The number of hydrogen-bond donors (Lipinski definition) is 2. The largest absolute Gasteiger partial charge is 0.545 e. The smallest absolute Gasteiger partial charge is 0.255 e. The van der Waals surface area contributed by atoms with Crippen LogP contribution in [-0.2, 0) is 4.79 Å². The van der Waals surface area contributed by atoms with Crippen LogP contribution in [-0.4, -0.2) is 24.9 Å². The van der Waals surface area contributed by atoms with Crippen LogP contribution in [0.1, 0.15) is 26.5 Å². The van der Waals surface area contributed by atoms with Crippen LogP contribution in [0.2, 0.25) is 0 Å². The molecule has 152 valence electrons. The Bertz CT molecular complexity index is 1100. The number of methoxy groups -OCH3 is 1. The van der Waals surface area contributed by atoms with E-state index in [1.54, 1.807) is 18.2 Å². The number of carboxylic acids is 1. The van der Waals surface area contributed by atoms with Crippen LogP contribution in [0.5, 0.6) is 5.75 Å². The van der Waals surface area contributed by atoms with Crippen molar-refractivity contribution >= 4 is 35.2 Å². The maximum Gasteiger partial charge on any atom is 0.255 e. The zero-order valence-electron chi connectivity index (χ0n) is 15.9. The molecule has 0 aliphatic heterocycles. The lowest BCUT2D eigenvalue weighted by Gasteiger charge is -2.13. The van der Waals surface area contributed by atoms with Crippen molar-refractivity contribution in [3.63, 3.8) is 0 Å². The summed E-state index contributed by atoms with van der Waals surface area (Å²) in [7, 11) is 1.43. The molecule has 3 aromatic rings. The molecule has 0 saturated heterocycles. The van der Waals surface area contributed by atoms with Crippen LogP contribution >= 0.6 is 0 Å². The van der Waals surface area contributed by atoms with Gasteiger partial charge in [-0.05, 0) is 42.5 Å². The Labute approximate surface area is 171 Å². The second-order valence-corrected chi connectivity index (χ2v) is 6.04. The van der Waals surface area contributed by atoms with Gasteiger partial charge in [0.1, 0.15) is 11.5 Å². The molecule has 1 aromatic heterocycles. The molecular formula is C22H17N2O6-. The number of aromatic carboxylic acids is 1. The summed E-state index contributed by atoms with van der Waals surface area (Å²) in [6.45, 7) is 0. The molecule has 0 unspecified atom stereocenters.